The summed E-state index contributed by atoms with van der Waals surface area (Å²) in [5, 5.41) is 35.2. The largest absolute Gasteiger partial charge is 0.508 e. The van der Waals surface area contributed by atoms with E-state index in [9.17, 15) is 10.2 Å². The number of ether oxygens (including phenoxy) is 5. The summed E-state index contributed by atoms with van der Waals surface area (Å²) in [4.78, 5) is 0. The predicted octanol–water partition coefficient (Wildman–Crippen LogP) is 7.44. The van der Waals surface area contributed by atoms with Crippen LogP contribution in [-0.2, 0) is 14.2 Å². The van der Waals surface area contributed by atoms with Crippen molar-refractivity contribution in [2.45, 2.75) is 0 Å². The highest BCUT2D eigenvalue weighted by Crippen LogP contribution is 2.24. The first kappa shape index (κ1) is 31.1. The lowest BCUT2D eigenvalue weighted by atomic mass is 10.3. The Labute approximate surface area is 250 Å². The average molecular weight is 587 g/mol. The van der Waals surface area contributed by atoms with E-state index in [-0.39, 0.29) is 11.5 Å². The van der Waals surface area contributed by atoms with Crippen molar-refractivity contribution in [3.63, 3.8) is 0 Å². The molecule has 11 nitrogen and oxygen atoms in total. The number of aromatic hydroxyl groups is 2. The highest BCUT2D eigenvalue weighted by Gasteiger charge is 1.99. The summed E-state index contributed by atoms with van der Waals surface area (Å²) in [7, 11) is 0. The highest BCUT2D eigenvalue weighted by molar-refractivity contribution is 5.45. The molecule has 224 valence electrons. The van der Waals surface area contributed by atoms with Gasteiger partial charge in [-0.1, -0.05) is 0 Å². The van der Waals surface area contributed by atoms with Crippen LogP contribution in [0.2, 0.25) is 0 Å². The van der Waals surface area contributed by atoms with Crippen LogP contribution >= 0.6 is 0 Å². The Kier molecular flexibility index (Phi) is 12.9. The van der Waals surface area contributed by atoms with Crippen LogP contribution in [0.4, 0.5) is 22.7 Å². The number of azo groups is 2. The summed E-state index contributed by atoms with van der Waals surface area (Å²) in [6.45, 7) is 3.60. The maximum Gasteiger partial charge on any atom is 0.119 e. The fourth-order valence-electron chi connectivity index (χ4n) is 3.47. The highest BCUT2D eigenvalue weighted by atomic mass is 16.6. The van der Waals surface area contributed by atoms with Crippen molar-refractivity contribution in [2.75, 3.05) is 52.9 Å². The van der Waals surface area contributed by atoms with Gasteiger partial charge in [0.2, 0.25) is 0 Å². The molecule has 0 radical (unpaired) electrons. The summed E-state index contributed by atoms with van der Waals surface area (Å²) in [5.41, 5.74) is 2.71. The molecule has 0 unspecified atom stereocenters. The van der Waals surface area contributed by atoms with Crippen LogP contribution in [0.15, 0.2) is 118 Å². The lowest BCUT2D eigenvalue weighted by Gasteiger charge is -2.09. The quantitative estimate of drug-likeness (QED) is 0.0913. The number of phenolic OH excluding ortho intramolecular Hbond substituents is 2. The van der Waals surface area contributed by atoms with Crippen LogP contribution in [-0.4, -0.2) is 63.1 Å². The minimum atomic E-state index is 0.189. The van der Waals surface area contributed by atoms with Gasteiger partial charge in [-0.15, -0.1) is 0 Å². The molecule has 11 heteroatoms. The Hall–Kier alpha value is -4.84. The molecule has 0 saturated carbocycles. The Morgan fingerprint density at radius 2 is 0.605 bits per heavy atom. The first-order chi connectivity index (χ1) is 21.1. The zero-order valence-electron chi connectivity index (χ0n) is 23.6. The van der Waals surface area contributed by atoms with Gasteiger partial charge in [0.1, 0.15) is 36.2 Å². The van der Waals surface area contributed by atoms with E-state index in [2.05, 4.69) is 20.5 Å². The number of rotatable bonds is 18. The average Bonchev–Trinajstić information content (AvgIpc) is 3.04. The van der Waals surface area contributed by atoms with Gasteiger partial charge in [-0.2, -0.15) is 20.5 Å². The van der Waals surface area contributed by atoms with E-state index in [1.54, 1.807) is 48.5 Å². The van der Waals surface area contributed by atoms with Crippen LogP contribution in [0.5, 0.6) is 23.0 Å². The van der Waals surface area contributed by atoms with Crippen molar-refractivity contribution in [1.29, 1.82) is 0 Å². The van der Waals surface area contributed by atoms with Gasteiger partial charge >= 0.3 is 0 Å². The minimum absolute atomic E-state index is 0.189. The van der Waals surface area contributed by atoms with Crippen molar-refractivity contribution < 1.29 is 33.9 Å². The predicted molar refractivity (Wildman–Crippen MR) is 161 cm³/mol. The first-order valence-electron chi connectivity index (χ1n) is 13.7. The number of benzene rings is 4. The molecule has 0 aromatic heterocycles. The van der Waals surface area contributed by atoms with Gasteiger partial charge in [0.15, 0.2) is 0 Å². The lowest BCUT2D eigenvalue weighted by molar-refractivity contribution is 0.00499. The van der Waals surface area contributed by atoms with Gasteiger partial charge in [0, 0.05) is 0 Å². The van der Waals surface area contributed by atoms with E-state index in [4.69, 9.17) is 23.7 Å². The van der Waals surface area contributed by atoms with Crippen LogP contribution in [0.25, 0.3) is 0 Å². The lowest BCUT2D eigenvalue weighted by Crippen LogP contribution is -2.14. The fourth-order valence-corrected chi connectivity index (χ4v) is 3.47. The summed E-state index contributed by atoms with van der Waals surface area (Å²) < 4.78 is 27.9. The number of phenols is 2. The molecule has 2 N–H and O–H groups in total. The maximum absolute atomic E-state index is 9.31. The fraction of sp³-hybridized carbons (Fsp3) is 0.250. The molecule has 4 aromatic rings. The summed E-state index contributed by atoms with van der Waals surface area (Å²) in [6, 6.07) is 27.6. The molecule has 0 aliphatic heterocycles. The van der Waals surface area contributed by atoms with Crippen LogP contribution in [0, 0.1) is 0 Å². The Morgan fingerprint density at radius 3 is 0.907 bits per heavy atom. The molecule has 4 rings (SSSR count). The second kappa shape index (κ2) is 17.9. The smallest absolute Gasteiger partial charge is 0.119 e. The molecule has 0 heterocycles. The van der Waals surface area contributed by atoms with E-state index in [0.29, 0.717) is 75.6 Å². The molecule has 4 aromatic carbocycles. The molecule has 43 heavy (non-hydrogen) atoms. The van der Waals surface area contributed by atoms with Gasteiger partial charge in [0.25, 0.3) is 0 Å². The number of hydrogen-bond donors (Lipinski definition) is 2. The molecule has 0 spiro atoms. The third-order valence-electron chi connectivity index (χ3n) is 5.67. The molecule has 0 bridgehead atoms. The monoisotopic (exact) mass is 586 g/mol. The molecular weight excluding hydrogens is 552 g/mol. The van der Waals surface area contributed by atoms with E-state index in [0.717, 1.165) is 11.5 Å². The molecule has 0 aliphatic rings. The van der Waals surface area contributed by atoms with Gasteiger partial charge < -0.3 is 33.9 Å². The minimum Gasteiger partial charge on any atom is -0.508 e. The van der Waals surface area contributed by atoms with Gasteiger partial charge in [0.05, 0.1) is 62.4 Å². The van der Waals surface area contributed by atoms with Crippen molar-refractivity contribution in [2.24, 2.45) is 20.5 Å². The van der Waals surface area contributed by atoms with Crippen molar-refractivity contribution in [3.8, 4) is 23.0 Å². The normalized spacial score (nSPS) is 11.3. The van der Waals surface area contributed by atoms with Crippen molar-refractivity contribution in [3.05, 3.63) is 97.1 Å². The SMILES string of the molecule is Oc1ccc(N=Nc2ccc(OCCOCCOCCOCCOc3ccc(N=Nc4ccc(O)cc4)cc3)cc2)cc1. The Balaban J connectivity index is 0.952. The van der Waals surface area contributed by atoms with Crippen LogP contribution in [0.3, 0.4) is 0 Å². The summed E-state index contributed by atoms with van der Waals surface area (Å²) in [6.07, 6.45) is 0. The molecule has 0 amide bonds. The zero-order valence-corrected chi connectivity index (χ0v) is 23.6. The molecular formula is C32H34N4O7. The second-order valence-corrected chi connectivity index (χ2v) is 8.95. The van der Waals surface area contributed by atoms with Gasteiger partial charge in [-0.05, 0) is 97.1 Å². The first-order valence-corrected chi connectivity index (χ1v) is 13.7. The maximum atomic E-state index is 9.31. The number of nitrogens with zero attached hydrogens (tertiary/aromatic N) is 4. The summed E-state index contributed by atoms with van der Waals surface area (Å²) >= 11 is 0. The van der Waals surface area contributed by atoms with E-state index in [1.807, 2.05) is 48.5 Å². The van der Waals surface area contributed by atoms with E-state index < -0.39 is 0 Å². The van der Waals surface area contributed by atoms with E-state index in [1.165, 1.54) is 0 Å². The third kappa shape index (κ3) is 12.3. The Bertz CT molecular complexity index is 1290. The molecule has 0 atom stereocenters. The van der Waals surface area contributed by atoms with Gasteiger partial charge in [-0.25, -0.2) is 0 Å². The van der Waals surface area contributed by atoms with Crippen molar-refractivity contribution >= 4 is 22.7 Å². The standard InChI is InChI=1S/C32H34N4O7/c37-29-9-1-25(2-10-29)33-35-27-5-13-31(14-6-27)42-23-21-40-19-17-39-18-20-41-22-24-43-32-15-7-28(8-16-32)36-34-26-3-11-30(38)12-4-26/h1-16,37-38H,17-24H2. The van der Waals surface area contributed by atoms with Crippen molar-refractivity contribution in [1.82, 2.24) is 0 Å². The Morgan fingerprint density at radius 1 is 0.349 bits per heavy atom. The topological polar surface area (TPSA) is 136 Å². The zero-order chi connectivity index (χ0) is 30.0. The molecule has 0 fully saturated rings. The van der Waals surface area contributed by atoms with Gasteiger partial charge in [-0.3, -0.25) is 0 Å². The molecule has 0 saturated heterocycles. The van der Waals surface area contributed by atoms with Crippen LogP contribution < -0.4 is 9.47 Å². The molecule has 0 aliphatic carbocycles. The van der Waals surface area contributed by atoms with Crippen LogP contribution in [0.1, 0.15) is 0 Å². The summed E-state index contributed by atoms with van der Waals surface area (Å²) in [5.74, 6) is 1.81. The second-order valence-electron chi connectivity index (χ2n) is 8.95. The third-order valence-corrected chi connectivity index (χ3v) is 5.67. The number of hydrogen-bond acceptors (Lipinski definition) is 11. The van der Waals surface area contributed by atoms with E-state index >= 15 is 0 Å².